The topological polar surface area (TPSA) is 41.1 Å². The zero-order valence-electron chi connectivity index (χ0n) is 15.9. The molecule has 0 spiro atoms. The lowest BCUT2D eigenvalue weighted by atomic mass is 9.65. The summed E-state index contributed by atoms with van der Waals surface area (Å²) in [5.74, 6) is 1.31. The second-order valence-corrected chi connectivity index (χ2v) is 8.04. The van der Waals surface area contributed by atoms with E-state index in [1.165, 1.54) is 24.8 Å². The Kier molecular flexibility index (Phi) is 5.76. The maximum Gasteiger partial charge on any atom is 0.223 e. The van der Waals surface area contributed by atoms with Gasteiger partial charge >= 0.3 is 0 Å². The molecule has 0 unspecified atom stereocenters. The van der Waals surface area contributed by atoms with Crippen LogP contribution in [0.5, 0.6) is 0 Å². The van der Waals surface area contributed by atoms with Crippen LogP contribution in [0.25, 0.3) is 0 Å². The number of carbonyl (C=O) groups is 1. The summed E-state index contributed by atoms with van der Waals surface area (Å²) in [6.45, 7) is 0.906. The first-order valence-electron chi connectivity index (χ1n) is 10.5. The Morgan fingerprint density at radius 3 is 2.41 bits per heavy atom. The molecule has 4 rings (SSSR count). The lowest BCUT2D eigenvalue weighted by Crippen LogP contribution is -2.54. The van der Waals surface area contributed by atoms with Crippen molar-refractivity contribution in [1.82, 2.24) is 5.32 Å². The van der Waals surface area contributed by atoms with Crippen molar-refractivity contribution in [3.8, 4) is 0 Å². The highest BCUT2D eigenvalue weighted by atomic mass is 16.2. The SMILES string of the molecule is O=C1N[C@H]2CCCC[C@H]2[C@@H](c2ccccc2)[C@H]1CCCNc1ccccc1. The van der Waals surface area contributed by atoms with Crippen LogP contribution in [0.3, 0.4) is 0 Å². The zero-order valence-corrected chi connectivity index (χ0v) is 15.9. The third-order valence-corrected chi connectivity index (χ3v) is 6.36. The molecule has 142 valence electrons. The molecule has 3 nitrogen and oxygen atoms in total. The fourth-order valence-corrected chi connectivity index (χ4v) is 5.10. The molecule has 1 saturated carbocycles. The van der Waals surface area contributed by atoms with Crippen molar-refractivity contribution in [2.24, 2.45) is 11.8 Å². The largest absolute Gasteiger partial charge is 0.385 e. The molecule has 1 aliphatic heterocycles. The number of hydrogen-bond acceptors (Lipinski definition) is 2. The quantitative estimate of drug-likeness (QED) is 0.713. The number of para-hydroxylation sites is 1. The molecule has 1 heterocycles. The molecule has 0 aromatic heterocycles. The molecule has 0 bridgehead atoms. The molecule has 3 heteroatoms. The molecule has 2 N–H and O–H groups in total. The van der Waals surface area contributed by atoms with Crippen LogP contribution in [0.1, 0.15) is 50.0 Å². The van der Waals surface area contributed by atoms with Gasteiger partial charge in [0.1, 0.15) is 0 Å². The smallest absolute Gasteiger partial charge is 0.223 e. The average molecular weight is 363 g/mol. The number of carbonyl (C=O) groups excluding carboxylic acids is 1. The summed E-state index contributed by atoms with van der Waals surface area (Å²) >= 11 is 0. The highest BCUT2D eigenvalue weighted by Crippen LogP contribution is 2.45. The molecule has 27 heavy (non-hydrogen) atoms. The molecule has 2 fully saturated rings. The normalized spacial score (nSPS) is 27.5. The molecule has 2 aromatic rings. The number of benzene rings is 2. The maximum absolute atomic E-state index is 13.0. The number of piperidine rings is 1. The van der Waals surface area contributed by atoms with Gasteiger partial charge in [-0.1, -0.05) is 61.4 Å². The predicted molar refractivity (Wildman–Crippen MR) is 111 cm³/mol. The van der Waals surface area contributed by atoms with Crippen LogP contribution in [-0.2, 0) is 4.79 Å². The number of fused-ring (bicyclic) bond motifs is 1. The van der Waals surface area contributed by atoms with E-state index >= 15 is 0 Å². The molecule has 0 radical (unpaired) electrons. The van der Waals surface area contributed by atoms with Crippen LogP contribution in [-0.4, -0.2) is 18.5 Å². The summed E-state index contributed by atoms with van der Waals surface area (Å²) in [5, 5.41) is 6.85. The van der Waals surface area contributed by atoms with Gasteiger partial charge in [-0.25, -0.2) is 0 Å². The number of amides is 1. The summed E-state index contributed by atoms with van der Waals surface area (Å²) in [7, 11) is 0. The second-order valence-electron chi connectivity index (χ2n) is 8.04. The van der Waals surface area contributed by atoms with Crippen molar-refractivity contribution in [3.05, 3.63) is 66.2 Å². The number of anilines is 1. The first-order valence-corrected chi connectivity index (χ1v) is 10.5. The number of nitrogens with one attached hydrogen (secondary N) is 2. The summed E-state index contributed by atoms with van der Waals surface area (Å²) in [6, 6.07) is 21.4. The Morgan fingerprint density at radius 1 is 0.926 bits per heavy atom. The minimum Gasteiger partial charge on any atom is -0.385 e. The lowest BCUT2D eigenvalue weighted by molar-refractivity contribution is -0.131. The van der Waals surface area contributed by atoms with E-state index in [4.69, 9.17) is 0 Å². The minimum atomic E-state index is 0.0873. The Balaban J connectivity index is 1.45. The summed E-state index contributed by atoms with van der Waals surface area (Å²) in [5.41, 5.74) is 2.50. The van der Waals surface area contributed by atoms with Gasteiger partial charge in [0, 0.05) is 30.1 Å². The molecule has 2 aliphatic rings. The first kappa shape index (κ1) is 18.1. The second kappa shape index (κ2) is 8.60. The molecular formula is C24H30N2O. The average Bonchev–Trinajstić information content (AvgIpc) is 2.72. The summed E-state index contributed by atoms with van der Waals surface area (Å²) < 4.78 is 0. The zero-order chi connectivity index (χ0) is 18.5. The van der Waals surface area contributed by atoms with Crippen LogP contribution in [0, 0.1) is 11.8 Å². The van der Waals surface area contributed by atoms with E-state index in [9.17, 15) is 4.79 Å². The molecule has 4 atom stereocenters. The minimum absolute atomic E-state index is 0.0873. The van der Waals surface area contributed by atoms with Gasteiger partial charge in [-0.05, 0) is 49.3 Å². The van der Waals surface area contributed by atoms with Crippen molar-refractivity contribution in [2.75, 3.05) is 11.9 Å². The van der Waals surface area contributed by atoms with Gasteiger partial charge in [0.05, 0.1) is 0 Å². The van der Waals surface area contributed by atoms with Crippen LogP contribution < -0.4 is 10.6 Å². The van der Waals surface area contributed by atoms with Gasteiger partial charge in [0.15, 0.2) is 0 Å². The van der Waals surface area contributed by atoms with Gasteiger partial charge in [0.25, 0.3) is 0 Å². The van der Waals surface area contributed by atoms with E-state index in [1.54, 1.807) is 0 Å². The fraction of sp³-hybridized carbons (Fsp3) is 0.458. The Labute approximate surface area is 162 Å². The van der Waals surface area contributed by atoms with Crippen molar-refractivity contribution in [3.63, 3.8) is 0 Å². The van der Waals surface area contributed by atoms with E-state index in [-0.39, 0.29) is 11.8 Å². The van der Waals surface area contributed by atoms with Crippen molar-refractivity contribution in [1.29, 1.82) is 0 Å². The van der Waals surface area contributed by atoms with Gasteiger partial charge in [-0.2, -0.15) is 0 Å². The van der Waals surface area contributed by atoms with Gasteiger partial charge in [-0.15, -0.1) is 0 Å². The van der Waals surface area contributed by atoms with Crippen LogP contribution >= 0.6 is 0 Å². The highest BCUT2D eigenvalue weighted by Gasteiger charge is 2.44. The van der Waals surface area contributed by atoms with Gasteiger partial charge in [0.2, 0.25) is 5.91 Å². The fourth-order valence-electron chi connectivity index (χ4n) is 5.10. The van der Waals surface area contributed by atoms with Gasteiger partial charge in [-0.3, -0.25) is 4.79 Å². The van der Waals surface area contributed by atoms with Gasteiger partial charge < -0.3 is 10.6 Å². The van der Waals surface area contributed by atoms with Crippen molar-refractivity contribution in [2.45, 2.75) is 50.5 Å². The van der Waals surface area contributed by atoms with E-state index < -0.39 is 0 Å². The lowest BCUT2D eigenvalue weighted by Gasteiger charge is -2.46. The van der Waals surface area contributed by atoms with E-state index in [0.29, 0.717) is 17.9 Å². The Morgan fingerprint density at radius 2 is 1.63 bits per heavy atom. The van der Waals surface area contributed by atoms with Crippen LogP contribution in [0.4, 0.5) is 5.69 Å². The van der Waals surface area contributed by atoms with E-state index in [0.717, 1.165) is 31.5 Å². The van der Waals surface area contributed by atoms with Crippen molar-refractivity contribution < 1.29 is 4.79 Å². The Hall–Kier alpha value is -2.29. The summed E-state index contributed by atoms with van der Waals surface area (Å²) in [4.78, 5) is 13.0. The number of hydrogen-bond donors (Lipinski definition) is 2. The molecule has 1 saturated heterocycles. The van der Waals surface area contributed by atoms with E-state index in [1.807, 2.05) is 18.2 Å². The molecule has 2 aromatic carbocycles. The molecular weight excluding hydrogens is 332 g/mol. The summed E-state index contributed by atoms with van der Waals surface area (Å²) in [6.07, 6.45) is 6.87. The standard InChI is InChI=1S/C24H30N2O/c27-24-21(15-9-17-25-19-12-5-2-6-13-19)23(18-10-3-1-4-11-18)20-14-7-8-16-22(20)26-24/h1-6,10-13,20-23,25H,7-9,14-17H2,(H,26,27)/t20-,21-,22+,23-/m1/s1. The third kappa shape index (κ3) is 4.18. The van der Waals surface area contributed by atoms with Crippen LogP contribution in [0.2, 0.25) is 0 Å². The first-order chi connectivity index (χ1) is 13.3. The number of rotatable bonds is 6. The monoisotopic (exact) mass is 362 g/mol. The Bertz CT molecular complexity index is 731. The van der Waals surface area contributed by atoms with Crippen molar-refractivity contribution >= 4 is 11.6 Å². The van der Waals surface area contributed by atoms with Crippen LogP contribution in [0.15, 0.2) is 60.7 Å². The third-order valence-electron chi connectivity index (χ3n) is 6.36. The maximum atomic E-state index is 13.0. The highest BCUT2D eigenvalue weighted by molar-refractivity contribution is 5.81. The van der Waals surface area contributed by atoms with E-state index in [2.05, 4.69) is 53.1 Å². The molecule has 1 aliphatic carbocycles. The molecule has 1 amide bonds. The predicted octanol–water partition coefficient (Wildman–Crippen LogP) is 4.97.